The maximum absolute atomic E-state index is 4.81. The van der Waals surface area contributed by atoms with Crippen LogP contribution in [0.1, 0.15) is 18.4 Å². The quantitative estimate of drug-likeness (QED) is 0.711. The molecule has 5 heteroatoms. The summed E-state index contributed by atoms with van der Waals surface area (Å²) < 4.78 is 0. The number of benzene rings is 2. The molecule has 0 atom stereocenters. The molecule has 5 nitrogen and oxygen atoms in total. The van der Waals surface area contributed by atoms with E-state index in [1.807, 2.05) is 24.3 Å². The van der Waals surface area contributed by atoms with Crippen LogP contribution >= 0.6 is 0 Å². The predicted molar refractivity (Wildman–Crippen MR) is 100 cm³/mol. The Balaban J connectivity index is 1.69. The highest BCUT2D eigenvalue weighted by Crippen LogP contribution is 2.26. The summed E-state index contributed by atoms with van der Waals surface area (Å²) in [5.74, 6) is 1.55. The van der Waals surface area contributed by atoms with Gasteiger partial charge in [-0.3, -0.25) is 0 Å². The maximum Gasteiger partial charge on any atom is 0.252 e. The fourth-order valence-corrected chi connectivity index (χ4v) is 3.15. The van der Waals surface area contributed by atoms with Crippen LogP contribution in [0.15, 0.2) is 66.9 Å². The molecule has 0 bridgehead atoms. The van der Waals surface area contributed by atoms with Gasteiger partial charge in [0.25, 0.3) is 5.95 Å². The Morgan fingerprint density at radius 2 is 1.56 bits per heavy atom. The van der Waals surface area contributed by atoms with Crippen molar-refractivity contribution in [3.63, 3.8) is 0 Å². The van der Waals surface area contributed by atoms with E-state index in [9.17, 15) is 0 Å². The van der Waals surface area contributed by atoms with Gasteiger partial charge in [-0.2, -0.15) is 10.1 Å². The van der Waals surface area contributed by atoms with Crippen LogP contribution in [0.25, 0.3) is 0 Å². The molecule has 0 amide bonds. The van der Waals surface area contributed by atoms with Gasteiger partial charge in [-0.05, 0) is 30.5 Å². The molecule has 2 heterocycles. The van der Waals surface area contributed by atoms with Crippen molar-refractivity contribution < 1.29 is 0 Å². The Kier molecular flexibility index (Phi) is 4.55. The normalized spacial score (nSPS) is 13.8. The van der Waals surface area contributed by atoms with E-state index < -0.39 is 0 Å². The van der Waals surface area contributed by atoms with E-state index in [0.29, 0.717) is 12.5 Å². The molecule has 0 unspecified atom stereocenters. The van der Waals surface area contributed by atoms with Gasteiger partial charge in [-0.25, -0.2) is 0 Å². The van der Waals surface area contributed by atoms with Crippen LogP contribution in [-0.4, -0.2) is 28.3 Å². The molecule has 2 aromatic carbocycles. The van der Waals surface area contributed by atoms with E-state index in [1.165, 1.54) is 18.4 Å². The zero-order valence-corrected chi connectivity index (χ0v) is 14.1. The first kappa shape index (κ1) is 15.6. The van der Waals surface area contributed by atoms with Gasteiger partial charge in [0.2, 0.25) is 0 Å². The lowest BCUT2D eigenvalue weighted by Gasteiger charge is -2.24. The average Bonchev–Trinajstić information content (AvgIpc) is 3.23. The minimum absolute atomic E-state index is 0.638. The molecular formula is C20H21N5. The topological polar surface area (TPSA) is 45.2 Å². The Labute approximate surface area is 148 Å². The van der Waals surface area contributed by atoms with Gasteiger partial charge < -0.3 is 9.80 Å². The number of aromatic nitrogens is 3. The van der Waals surface area contributed by atoms with Crippen molar-refractivity contribution in [2.45, 2.75) is 19.4 Å². The Morgan fingerprint density at radius 1 is 0.880 bits per heavy atom. The summed E-state index contributed by atoms with van der Waals surface area (Å²) in [7, 11) is 0. The summed E-state index contributed by atoms with van der Waals surface area (Å²) in [4.78, 5) is 9.20. The van der Waals surface area contributed by atoms with E-state index in [4.69, 9.17) is 4.98 Å². The first-order valence-corrected chi connectivity index (χ1v) is 8.71. The SMILES string of the molecule is c1ccc(CN(c2ccccc2)c2nncc(N3CCCC3)n2)cc1. The van der Waals surface area contributed by atoms with Crippen molar-refractivity contribution in [2.75, 3.05) is 22.9 Å². The molecule has 1 aromatic heterocycles. The van der Waals surface area contributed by atoms with Gasteiger partial charge in [0.05, 0.1) is 12.7 Å². The van der Waals surface area contributed by atoms with Gasteiger partial charge >= 0.3 is 0 Å². The number of rotatable bonds is 5. The third-order valence-electron chi connectivity index (χ3n) is 4.46. The van der Waals surface area contributed by atoms with E-state index >= 15 is 0 Å². The first-order valence-electron chi connectivity index (χ1n) is 8.71. The lowest BCUT2D eigenvalue weighted by Crippen LogP contribution is -2.23. The highest BCUT2D eigenvalue weighted by atomic mass is 15.4. The van der Waals surface area contributed by atoms with Crippen LogP contribution in [0.5, 0.6) is 0 Å². The smallest absolute Gasteiger partial charge is 0.252 e. The molecule has 126 valence electrons. The molecule has 1 saturated heterocycles. The minimum Gasteiger partial charge on any atom is -0.355 e. The fourth-order valence-electron chi connectivity index (χ4n) is 3.15. The van der Waals surface area contributed by atoms with Gasteiger partial charge in [0, 0.05) is 18.8 Å². The molecule has 1 aliphatic rings. The van der Waals surface area contributed by atoms with Crippen molar-refractivity contribution in [1.82, 2.24) is 15.2 Å². The van der Waals surface area contributed by atoms with Crippen molar-refractivity contribution >= 4 is 17.5 Å². The zero-order chi connectivity index (χ0) is 16.9. The van der Waals surface area contributed by atoms with E-state index in [0.717, 1.165) is 24.6 Å². The van der Waals surface area contributed by atoms with Gasteiger partial charge in [0.15, 0.2) is 5.82 Å². The Morgan fingerprint density at radius 3 is 2.28 bits per heavy atom. The van der Waals surface area contributed by atoms with Gasteiger partial charge in [0.1, 0.15) is 0 Å². The standard InChI is InChI=1S/C20H21N5/c1-3-9-17(10-4-1)16-25(18-11-5-2-6-12-18)20-22-19(15-21-23-20)24-13-7-8-14-24/h1-6,9-12,15H,7-8,13-14,16H2. The lowest BCUT2D eigenvalue weighted by atomic mass is 10.2. The number of hydrogen-bond acceptors (Lipinski definition) is 5. The molecule has 0 aliphatic carbocycles. The second kappa shape index (κ2) is 7.30. The molecule has 4 rings (SSSR count). The summed E-state index contributed by atoms with van der Waals surface area (Å²) in [5.41, 5.74) is 2.27. The molecule has 0 N–H and O–H groups in total. The van der Waals surface area contributed by atoms with Crippen LogP contribution in [0.2, 0.25) is 0 Å². The Hall–Kier alpha value is -2.95. The predicted octanol–water partition coefficient (Wildman–Crippen LogP) is 3.81. The van der Waals surface area contributed by atoms with Crippen LogP contribution in [0.3, 0.4) is 0 Å². The third kappa shape index (κ3) is 3.60. The molecule has 0 saturated carbocycles. The van der Waals surface area contributed by atoms with Crippen LogP contribution in [0, 0.1) is 0 Å². The third-order valence-corrected chi connectivity index (χ3v) is 4.46. The largest absolute Gasteiger partial charge is 0.355 e. The van der Waals surface area contributed by atoms with Crippen LogP contribution in [0.4, 0.5) is 17.5 Å². The van der Waals surface area contributed by atoms with Crippen molar-refractivity contribution in [3.8, 4) is 0 Å². The van der Waals surface area contributed by atoms with Crippen molar-refractivity contribution in [2.24, 2.45) is 0 Å². The molecular weight excluding hydrogens is 310 g/mol. The van der Waals surface area contributed by atoms with Crippen molar-refractivity contribution in [3.05, 3.63) is 72.4 Å². The van der Waals surface area contributed by atoms with Gasteiger partial charge in [-0.15, -0.1) is 5.10 Å². The Bertz CT molecular complexity index is 801. The minimum atomic E-state index is 0.638. The number of para-hydroxylation sites is 1. The molecule has 0 spiro atoms. The molecule has 3 aromatic rings. The summed E-state index contributed by atoms with van der Waals surface area (Å²) in [6, 6.07) is 20.6. The van der Waals surface area contributed by atoms with E-state index in [2.05, 4.69) is 56.4 Å². The molecule has 1 fully saturated rings. The summed E-state index contributed by atoms with van der Waals surface area (Å²) >= 11 is 0. The number of nitrogens with zero attached hydrogens (tertiary/aromatic N) is 5. The summed E-state index contributed by atoms with van der Waals surface area (Å²) in [6.07, 6.45) is 4.19. The van der Waals surface area contributed by atoms with Crippen molar-refractivity contribution in [1.29, 1.82) is 0 Å². The fraction of sp³-hybridized carbons (Fsp3) is 0.250. The number of hydrogen-bond donors (Lipinski definition) is 0. The second-order valence-corrected chi connectivity index (χ2v) is 6.22. The van der Waals surface area contributed by atoms with E-state index in [1.54, 1.807) is 6.20 Å². The highest BCUT2D eigenvalue weighted by molar-refractivity contribution is 5.58. The maximum atomic E-state index is 4.81. The zero-order valence-electron chi connectivity index (χ0n) is 14.1. The molecule has 25 heavy (non-hydrogen) atoms. The van der Waals surface area contributed by atoms with Crippen LogP contribution in [-0.2, 0) is 6.54 Å². The second-order valence-electron chi connectivity index (χ2n) is 6.22. The lowest BCUT2D eigenvalue weighted by molar-refractivity contribution is 0.836. The monoisotopic (exact) mass is 331 g/mol. The summed E-state index contributed by atoms with van der Waals surface area (Å²) in [5, 5.41) is 8.54. The first-order chi connectivity index (χ1) is 12.4. The average molecular weight is 331 g/mol. The highest BCUT2D eigenvalue weighted by Gasteiger charge is 2.18. The van der Waals surface area contributed by atoms with E-state index in [-0.39, 0.29) is 0 Å². The molecule has 1 aliphatic heterocycles. The van der Waals surface area contributed by atoms with Crippen LogP contribution < -0.4 is 9.80 Å². The molecule has 0 radical (unpaired) electrons. The number of anilines is 3. The summed E-state index contributed by atoms with van der Waals surface area (Å²) in [6.45, 7) is 2.79. The van der Waals surface area contributed by atoms with Gasteiger partial charge in [-0.1, -0.05) is 48.5 Å².